The number of primary amides is 1. The molecule has 2 N–H and O–H groups in total. The van der Waals surface area contributed by atoms with Crippen LogP contribution in [0.15, 0.2) is 6.20 Å². The quantitative estimate of drug-likeness (QED) is 0.881. The van der Waals surface area contributed by atoms with Gasteiger partial charge in [0.15, 0.2) is 0 Å². The van der Waals surface area contributed by atoms with Gasteiger partial charge in [0.2, 0.25) is 5.91 Å². The molecule has 0 saturated carbocycles. The molecule has 5 nitrogen and oxygen atoms in total. The Labute approximate surface area is 105 Å². The minimum atomic E-state index is -4.41. The van der Waals surface area contributed by atoms with Gasteiger partial charge in [-0.05, 0) is 0 Å². The average Bonchev–Trinajstić information content (AvgIpc) is 2.85. The predicted molar refractivity (Wildman–Crippen MR) is 57.4 cm³/mol. The molecule has 1 aromatic heterocycles. The summed E-state index contributed by atoms with van der Waals surface area (Å²) in [4.78, 5) is 12.6. The zero-order valence-corrected chi connectivity index (χ0v) is 10.0. The molecular weight excluding hydrogens is 269 g/mol. The molecule has 1 aromatic rings. The number of carbonyl (C=O) groups is 1. The summed E-state index contributed by atoms with van der Waals surface area (Å²) < 4.78 is 46.0. The average molecular weight is 280 g/mol. The molecule has 1 aliphatic rings. The topological polar surface area (TPSA) is 72.1 Å². The minimum absolute atomic E-state index is 0.0109. The Kier molecular flexibility index (Phi) is 3.53. The highest BCUT2D eigenvalue weighted by molar-refractivity contribution is 6.99. The van der Waals surface area contributed by atoms with Crippen LogP contribution in [0, 0.1) is 11.8 Å². The second-order valence-electron chi connectivity index (χ2n) is 4.25. The summed E-state index contributed by atoms with van der Waals surface area (Å²) in [7, 11) is 0. The fraction of sp³-hybridized carbons (Fsp3) is 0.667. The molecule has 2 heterocycles. The fourth-order valence-corrected chi connectivity index (χ4v) is 2.54. The highest BCUT2D eigenvalue weighted by Gasteiger charge is 2.51. The van der Waals surface area contributed by atoms with E-state index in [4.69, 9.17) is 5.73 Å². The number of rotatable bonds is 3. The third-order valence-corrected chi connectivity index (χ3v) is 3.49. The number of hydrogen-bond acceptors (Lipinski definition) is 5. The standard InChI is InChI=1S/C9H11F3N4OS/c10-9(11,12)7-4-16(3-6(7)8(13)17)2-5-1-14-18-15-5/h1,6-7H,2-4H2,(H2,13,17)/t6-,7-/m1/s1. The summed E-state index contributed by atoms with van der Waals surface area (Å²) in [5.74, 6) is -3.78. The van der Waals surface area contributed by atoms with Gasteiger partial charge in [-0.1, -0.05) is 0 Å². The van der Waals surface area contributed by atoms with Crippen molar-refractivity contribution in [3.63, 3.8) is 0 Å². The molecule has 100 valence electrons. The molecule has 2 atom stereocenters. The SMILES string of the molecule is NC(=O)[C@@H]1CN(Cc2cnsn2)C[C@H]1C(F)(F)F. The molecule has 0 unspecified atom stereocenters. The number of halogens is 3. The maximum atomic E-state index is 12.8. The van der Waals surface area contributed by atoms with E-state index >= 15 is 0 Å². The molecule has 9 heteroatoms. The van der Waals surface area contributed by atoms with Crippen LogP contribution in [0.2, 0.25) is 0 Å². The number of aromatic nitrogens is 2. The predicted octanol–water partition coefficient (Wildman–Crippen LogP) is 0.634. The molecular formula is C9H11F3N4OS. The maximum absolute atomic E-state index is 12.8. The minimum Gasteiger partial charge on any atom is -0.369 e. The van der Waals surface area contributed by atoms with Crippen LogP contribution >= 0.6 is 11.7 Å². The van der Waals surface area contributed by atoms with E-state index in [1.54, 1.807) is 0 Å². The number of amides is 1. The highest BCUT2D eigenvalue weighted by atomic mass is 32.1. The second-order valence-corrected chi connectivity index (χ2v) is 4.81. The second kappa shape index (κ2) is 4.81. The Hall–Kier alpha value is -1.22. The van der Waals surface area contributed by atoms with E-state index in [2.05, 4.69) is 8.75 Å². The van der Waals surface area contributed by atoms with E-state index in [1.807, 2.05) is 0 Å². The summed E-state index contributed by atoms with van der Waals surface area (Å²) in [5.41, 5.74) is 5.63. The molecule has 1 aliphatic heterocycles. The first-order valence-corrected chi connectivity index (χ1v) is 5.96. The number of carbonyl (C=O) groups excluding carboxylic acids is 1. The summed E-state index contributed by atoms with van der Waals surface area (Å²) >= 11 is 0.996. The van der Waals surface area contributed by atoms with Gasteiger partial charge in [0.05, 0.1) is 35.5 Å². The number of nitrogens with zero attached hydrogens (tertiary/aromatic N) is 3. The van der Waals surface area contributed by atoms with Crippen molar-refractivity contribution >= 4 is 17.6 Å². The molecule has 1 amide bonds. The highest BCUT2D eigenvalue weighted by Crippen LogP contribution is 2.37. The van der Waals surface area contributed by atoms with Crippen molar-refractivity contribution in [2.45, 2.75) is 12.7 Å². The Morgan fingerprint density at radius 2 is 2.28 bits per heavy atom. The van der Waals surface area contributed by atoms with Gasteiger partial charge in [0, 0.05) is 19.6 Å². The third kappa shape index (κ3) is 2.78. The van der Waals surface area contributed by atoms with E-state index in [9.17, 15) is 18.0 Å². The molecule has 1 fully saturated rings. The van der Waals surface area contributed by atoms with E-state index in [-0.39, 0.29) is 19.6 Å². The van der Waals surface area contributed by atoms with Gasteiger partial charge in [-0.15, -0.1) is 0 Å². The van der Waals surface area contributed by atoms with Crippen molar-refractivity contribution in [1.29, 1.82) is 0 Å². The summed E-state index contributed by atoms with van der Waals surface area (Å²) in [5, 5.41) is 0. The van der Waals surface area contributed by atoms with Crippen LogP contribution in [0.1, 0.15) is 5.69 Å². The lowest BCUT2D eigenvalue weighted by Crippen LogP contribution is -2.37. The zero-order chi connectivity index (χ0) is 13.3. The summed E-state index contributed by atoms with van der Waals surface area (Å²) in [6, 6.07) is 0. The van der Waals surface area contributed by atoms with Crippen LogP contribution in [0.3, 0.4) is 0 Å². The lowest BCUT2D eigenvalue weighted by atomic mass is 9.95. The number of likely N-dealkylation sites (tertiary alicyclic amines) is 1. The smallest absolute Gasteiger partial charge is 0.369 e. The van der Waals surface area contributed by atoms with Crippen molar-refractivity contribution < 1.29 is 18.0 Å². The number of nitrogens with two attached hydrogens (primary N) is 1. The molecule has 0 aliphatic carbocycles. The van der Waals surface area contributed by atoms with Crippen LogP contribution < -0.4 is 5.73 Å². The normalized spacial score (nSPS) is 25.5. The van der Waals surface area contributed by atoms with E-state index in [0.29, 0.717) is 5.69 Å². The number of hydrogen-bond donors (Lipinski definition) is 1. The maximum Gasteiger partial charge on any atom is 0.393 e. The third-order valence-electron chi connectivity index (χ3n) is 2.97. The Morgan fingerprint density at radius 1 is 1.56 bits per heavy atom. The van der Waals surface area contributed by atoms with Crippen molar-refractivity contribution in [2.75, 3.05) is 13.1 Å². The molecule has 1 saturated heterocycles. The van der Waals surface area contributed by atoms with Crippen molar-refractivity contribution in [3.05, 3.63) is 11.9 Å². The van der Waals surface area contributed by atoms with E-state index in [0.717, 1.165) is 11.7 Å². The fourth-order valence-electron chi connectivity index (χ4n) is 2.12. The zero-order valence-electron chi connectivity index (χ0n) is 9.22. The van der Waals surface area contributed by atoms with Gasteiger partial charge in [-0.25, -0.2) is 0 Å². The first kappa shape index (κ1) is 13.2. The summed E-state index contributed by atoms with van der Waals surface area (Å²) in [6.07, 6.45) is -2.90. The van der Waals surface area contributed by atoms with E-state index < -0.39 is 23.9 Å². The van der Waals surface area contributed by atoms with Gasteiger partial charge < -0.3 is 5.73 Å². The van der Waals surface area contributed by atoms with Gasteiger partial charge in [0.1, 0.15) is 0 Å². The molecule has 0 aromatic carbocycles. The largest absolute Gasteiger partial charge is 0.393 e. The van der Waals surface area contributed by atoms with Crippen molar-refractivity contribution in [3.8, 4) is 0 Å². The molecule has 0 radical (unpaired) electrons. The van der Waals surface area contributed by atoms with Gasteiger partial charge in [-0.2, -0.15) is 21.9 Å². The molecule has 2 rings (SSSR count). The van der Waals surface area contributed by atoms with Crippen LogP contribution in [0.5, 0.6) is 0 Å². The molecule has 0 bridgehead atoms. The lowest BCUT2D eigenvalue weighted by Gasteiger charge is -2.18. The first-order chi connectivity index (χ1) is 8.38. The van der Waals surface area contributed by atoms with Gasteiger partial charge in [-0.3, -0.25) is 9.69 Å². The van der Waals surface area contributed by atoms with Gasteiger partial charge >= 0.3 is 6.18 Å². The Bertz CT molecular complexity index is 422. The first-order valence-electron chi connectivity index (χ1n) is 5.22. The Morgan fingerprint density at radius 3 is 2.72 bits per heavy atom. The monoisotopic (exact) mass is 280 g/mol. The summed E-state index contributed by atoms with van der Waals surface area (Å²) in [6.45, 7) is 0.0402. The molecule has 0 spiro atoms. The van der Waals surface area contributed by atoms with Crippen LogP contribution in [0.4, 0.5) is 13.2 Å². The van der Waals surface area contributed by atoms with Crippen molar-refractivity contribution in [1.82, 2.24) is 13.6 Å². The Balaban J connectivity index is 2.07. The van der Waals surface area contributed by atoms with Gasteiger partial charge in [0.25, 0.3) is 0 Å². The lowest BCUT2D eigenvalue weighted by molar-refractivity contribution is -0.182. The van der Waals surface area contributed by atoms with Crippen LogP contribution in [-0.4, -0.2) is 38.8 Å². The number of alkyl halides is 3. The van der Waals surface area contributed by atoms with Crippen LogP contribution in [0.25, 0.3) is 0 Å². The van der Waals surface area contributed by atoms with E-state index in [1.165, 1.54) is 11.1 Å². The van der Waals surface area contributed by atoms with Crippen LogP contribution in [-0.2, 0) is 11.3 Å². The van der Waals surface area contributed by atoms with Crippen molar-refractivity contribution in [2.24, 2.45) is 17.6 Å². The molecule has 18 heavy (non-hydrogen) atoms.